The molecule has 0 N–H and O–H groups in total. The lowest BCUT2D eigenvalue weighted by molar-refractivity contribution is -0.0885. The number of Topliss-reactive ketones (excluding diaryl/α,β-unsaturated/α-hetero) is 1. The van der Waals surface area contributed by atoms with Crippen molar-refractivity contribution in [2.45, 2.75) is 6.18 Å². The highest BCUT2D eigenvalue weighted by molar-refractivity contribution is 6.03. The minimum atomic E-state index is -4.85. The monoisotopic (exact) mass is 254 g/mol. The molecule has 0 spiro atoms. The highest BCUT2D eigenvalue weighted by Gasteiger charge is 2.39. The zero-order valence-corrected chi connectivity index (χ0v) is 9.41. The van der Waals surface area contributed by atoms with E-state index in [1.54, 1.807) is 18.2 Å². The molecule has 0 atom stereocenters. The van der Waals surface area contributed by atoms with Crippen molar-refractivity contribution in [3.8, 4) is 5.75 Å². The number of alkyl halides is 3. The van der Waals surface area contributed by atoms with E-state index in [0.29, 0.717) is 16.5 Å². The summed E-state index contributed by atoms with van der Waals surface area (Å²) in [7, 11) is 1.50. The minimum absolute atomic E-state index is 0.361. The Morgan fingerprint density at radius 2 is 1.67 bits per heavy atom. The Morgan fingerprint density at radius 3 is 2.28 bits per heavy atom. The fraction of sp³-hybridized carbons (Fsp3) is 0.154. The van der Waals surface area contributed by atoms with Crippen LogP contribution in [-0.4, -0.2) is 19.1 Å². The van der Waals surface area contributed by atoms with Crippen LogP contribution in [0.15, 0.2) is 36.4 Å². The Hall–Kier alpha value is -2.04. The number of ketones is 1. The molecule has 0 aliphatic heterocycles. The van der Waals surface area contributed by atoms with Crippen LogP contribution in [0.25, 0.3) is 10.8 Å². The standard InChI is InChI=1S/C13H9F3O2/c1-18-11-5-4-8-6-10(3-2-9(8)7-11)12(17)13(14,15)16/h2-7H,1H3. The van der Waals surface area contributed by atoms with Gasteiger partial charge in [0.05, 0.1) is 7.11 Å². The van der Waals surface area contributed by atoms with Crippen molar-refractivity contribution < 1.29 is 22.7 Å². The SMILES string of the molecule is COc1ccc2cc(C(=O)C(F)(F)F)ccc2c1. The van der Waals surface area contributed by atoms with Crippen molar-refractivity contribution in [2.75, 3.05) is 7.11 Å². The van der Waals surface area contributed by atoms with Crippen molar-refractivity contribution in [2.24, 2.45) is 0 Å². The largest absolute Gasteiger partial charge is 0.497 e. The quantitative estimate of drug-likeness (QED) is 0.765. The van der Waals surface area contributed by atoms with Gasteiger partial charge in [-0.2, -0.15) is 13.2 Å². The molecule has 18 heavy (non-hydrogen) atoms. The molecule has 0 saturated carbocycles. The average molecular weight is 254 g/mol. The van der Waals surface area contributed by atoms with Crippen LogP contribution < -0.4 is 4.74 Å². The molecule has 0 aliphatic rings. The first kappa shape index (κ1) is 12.4. The summed E-state index contributed by atoms with van der Waals surface area (Å²) >= 11 is 0. The van der Waals surface area contributed by atoms with Crippen LogP contribution in [0, 0.1) is 0 Å². The summed E-state index contributed by atoms with van der Waals surface area (Å²) in [5.41, 5.74) is -0.361. The maximum atomic E-state index is 12.3. The lowest BCUT2D eigenvalue weighted by Crippen LogP contribution is -2.22. The summed E-state index contributed by atoms with van der Waals surface area (Å²) in [4.78, 5) is 11.1. The molecule has 0 aromatic heterocycles. The second-order valence-electron chi connectivity index (χ2n) is 3.75. The van der Waals surface area contributed by atoms with E-state index in [1.807, 2.05) is 0 Å². The third-order valence-corrected chi connectivity index (χ3v) is 2.57. The molecule has 2 aromatic rings. The van der Waals surface area contributed by atoms with Gasteiger partial charge in [0, 0.05) is 5.56 Å². The van der Waals surface area contributed by atoms with E-state index in [2.05, 4.69) is 0 Å². The first-order valence-electron chi connectivity index (χ1n) is 5.11. The van der Waals surface area contributed by atoms with E-state index in [9.17, 15) is 18.0 Å². The number of hydrogen-bond donors (Lipinski definition) is 0. The zero-order valence-electron chi connectivity index (χ0n) is 9.41. The van der Waals surface area contributed by atoms with Gasteiger partial charge in [-0.3, -0.25) is 4.79 Å². The number of halogens is 3. The lowest BCUT2D eigenvalue weighted by Gasteiger charge is -2.07. The van der Waals surface area contributed by atoms with E-state index in [-0.39, 0.29) is 5.56 Å². The number of carbonyl (C=O) groups is 1. The van der Waals surface area contributed by atoms with Crippen molar-refractivity contribution in [1.29, 1.82) is 0 Å². The normalized spacial score (nSPS) is 11.6. The first-order chi connectivity index (χ1) is 8.41. The van der Waals surface area contributed by atoms with Crippen molar-refractivity contribution in [1.82, 2.24) is 0 Å². The summed E-state index contributed by atoms with van der Waals surface area (Å²) in [5.74, 6) is -1.22. The number of hydrogen-bond acceptors (Lipinski definition) is 2. The second-order valence-corrected chi connectivity index (χ2v) is 3.75. The van der Waals surface area contributed by atoms with Crippen molar-refractivity contribution >= 4 is 16.6 Å². The average Bonchev–Trinajstić information content (AvgIpc) is 2.35. The molecule has 0 radical (unpaired) electrons. The molecule has 94 valence electrons. The molecule has 0 aliphatic carbocycles. The molecule has 0 heterocycles. The van der Waals surface area contributed by atoms with Crippen LogP contribution in [0.5, 0.6) is 5.75 Å². The third kappa shape index (κ3) is 2.30. The number of carbonyl (C=O) groups excluding carboxylic acids is 1. The number of rotatable bonds is 2. The van der Waals surface area contributed by atoms with Crippen LogP contribution in [0.1, 0.15) is 10.4 Å². The minimum Gasteiger partial charge on any atom is -0.497 e. The van der Waals surface area contributed by atoms with Gasteiger partial charge < -0.3 is 4.74 Å². The summed E-state index contributed by atoms with van der Waals surface area (Å²) in [6.45, 7) is 0. The molecule has 2 nitrogen and oxygen atoms in total. The van der Waals surface area contributed by atoms with Crippen LogP contribution in [-0.2, 0) is 0 Å². The maximum Gasteiger partial charge on any atom is 0.454 e. The van der Waals surface area contributed by atoms with E-state index in [4.69, 9.17) is 4.74 Å². The maximum absolute atomic E-state index is 12.3. The molecule has 0 amide bonds. The van der Waals surface area contributed by atoms with Crippen molar-refractivity contribution in [3.63, 3.8) is 0 Å². The van der Waals surface area contributed by atoms with Gasteiger partial charge in [0.1, 0.15) is 5.75 Å². The Balaban J connectivity index is 2.49. The van der Waals surface area contributed by atoms with Crippen LogP contribution in [0.4, 0.5) is 13.2 Å². The Morgan fingerprint density at radius 1 is 1.06 bits per heavy atom. The highest BCUT2D eigenvalue weighted by atomic mass is 19.4. The summed E-state index contributed by atoms with van der Waals surface area (Å²) in [6, 6.07) is 8.79. The van der Waals surface area contributed by atoms with Gasteiger partial charge in [-0.05, 0) is 29.0 Å². The van der Waals surface area contributed by atoms with Gasteiger partial charge in [0.25, 0.3) is 5.78 Å². The van der Waals surface area contributed by atoms with Crippen LogP contribution >= 0.6 is 0 Å². The van der Waals surface area contributed by atoms with Gasteiger partial charge in [-0.1, -0.05) is 18.2 Å². The number of fused-ring (bicyclic) bond motifs is 1. The van der Waals surface area contributed by atoms with Crippen molar-refractivity contribution in [3.05, 3.63) is 42.0 Å². The number of ether oxygens (including phenoxy) is 1. The third-order valence-electron chi connectivity index (χ3n) is 2.57. The fourth-order valence-corrected chi connectivity index (χ4v) is 1.66. The molecule has 5 heteroatoms. The number of methoxy groups -OCH3 is 1. The fourth-order valence-electron chi connectivity index (χ4n) is 1.66. The van der Waals surface area contributed by atoms with Crippen LogP contribution in [0.2, 0.25) is 0 Å². The second kappa shape index (κ2) is 4.33. The summed E-state index contributed by atoms with van der Waals surface area (Å²) < 4.78 is 41.9. The lowest BCUT2D eigenvalue weighted by atomic mass is 10.0. The van der Waals surface area contributed by atoms with Gasteiger partial charge in [0.2, 0.25) is 0 Å². The molecule has 0 unspecified atom stereocenters. The van der Waals surface area contributed by atoms with Gasteiger partial charge in [0.15, 0.2) is 0 Å². The first-order valence-corrected chi connectivity index (χ1v) is 5.11. The molecule has 0 fully saturated rings. The summed E-state index contributed by atoms with van der Waals surface area (Å²) in [5, 5.41) is 1.28. The smallest absolute Gasteiger partial charge is 0.454 e. The topological polar surface area (TPSA) is 26.3 Å². The summed E-state index contributed by atoms with van der Waals surface area (Å²) in [6.07, 6.45) is -4.85. The number of benzene rings is 2. The highest BCUT2D eigenvalue weighted by Crippen LogP contribution is 2.26. The molecule has 2 rings (SSSR count). The molecular formula is C13H9F3O2. The molecule has 0 bridgehead atoms. The van der Waals surface area contributed by atoms with Gasteiger partial charge in [-0.15, -0.1) is 0 Å². The predicted molar refractivity (Wildman–Crippen MR) is 60.9 cm³/mol. The Bertz CT molecular complexity index is 603. The van der Waals surface area contributed by atoms with E-state index in [1.165, 1.54) is 19.2 Å². The molecule has 0 saturated heterocycles. The van der Waals surface area contributed by atoms with Gasteiger partial charge in [-0.25, -0.2) is 0 Å². The predicted octanol–water partition coefficient (Wildman–Crippen LogP) is 3.59. The van der Waals surface area contributed by atoms with Gasteiger partial charge >= 0.3 is 6.18 Å². The Kier molecular flexibility index (Phi) is 2.98. The molecule has 2 aromatic carbocycles. The van der Waals surface area contributed by atoms with E-state index in [0.717, 1.165) is 6.07 Å². The Labute approximate surface area is 101 Å². The van der Waals surface area contributed by atoms with E-state index < -0.39 is 12.0 Å². The molecular weight excluding hydrogens is 245 g/mol. The zero-order chi connectivity index (χ0) is 13.3. The van der Waals surface area contributed by atoms with E-state index >= 15 is 0 Å². The van der Waals surface area contributed by atoms with Crippen LogP contribution in [0.3, 0.4) is 0 Å².